The van der Waals surface area contributed by atoms with Gasteiger partial charge in [-0.1, -0.05) is 29.3 Å². The predicted molar refractivity (Wildman–Crippen MR) is 120 cm³/mol. The zero-order valence-corrected chi connectivity index (χ0v) is 18.4. The van der Waals surface area contributed by atoms with Crippen LogP contribution >= 0.6 is 23.2 Å². The van der Waals surface area contributed by atoms with Crippen LogP contribution in [-0.4, -0.2) is 29.0 Å². The van der Waals surface area contributed by atoms with E-state index in [1.807, 2.05) is 6.07 Å². The summed E-state index contributed by atoms with van der Waals surface area (Å²) >= 11 is 12.2. The maximum atomic E-state index is 11.6. The summed E-state index contributed by atoms with van der Waals surface area (Å²) in [7, 11) is 0. The molecule has 2 atom stereocenters. The van der Waals surface area contributed by atoms with Crippen LogP contribution in [0.4, 0.5) is 11.6 Å². The molecule has 5 rings (SSSR count). The Morgan fingerprint density at radius 3 is 2.67 bits per heavy atom. The van der Waals surface area contributed by atoms with Crippen molar-refractivity contribution in [3.63, 3.8) is 0 Å². The number of aryl methyl sites for hydroxylation is 1. The molecule has 7 heteroatoms. The Morgan fingerprint density at radius 1 is 1.13 bits per heavy atom. The van der Waals surface area contributed by atoms with Gasteiger partial charge in [0, 0.05) is 13.1 Å². The van der Waals surface area contributed by atoms with Crippen LogP contribution in [0.15, 0.2) is 24.5 Å². The first-order chi connectivity index (χ1) is 14.6. The summed E-state index contributed by atoms with van der Waals surface area (Å²) in [5.74, 6) is 3.45. The number of benzene rings is 1. The van der Waals surface area contributed by atoms with E-state index in [4.69, 9.17) is 23.2 Å². The van der Waals surface area contributed by atoms with Gasteiger partial charge in [-0.15, -0.1) is 0 Å². The Balaban J connectivity index is 1.07. The van der Waals surface area contributed by atoms with Gasteiger partial charge in [0.1, 0.15) is 0 Å². The average Bonchev–Trinajstić information content (AvgIpc) is 3.41. The highest BCUT2D eigenvalue weighted by Gasteiger charge is 2.43. The molecule has 0 unspecified atom stereocenters. The van der Waals surface area contributed by atoms with Crippen molar-refractivity contribution < 1.29 is 4.79 Å². The van der Waals surface area contributed by atoms with Crippen molar-refractivity contribution in [3.05, 3.63) is 45.7 Å². The van der Waals surface area contributed by atoms with Crippen LogP contribution in [0.5, 0.6) is 0 Å². The molecule has 1 saturated heterocycles. The highest BCUT2D eigenvalue weighted by atomic mass is 35.5. The van der Waals surface area contributed by atoms with Crippen molar-refractivity contribution in [2.75, 3.05) is 23.3 Å². The number of anilines is 2. The molecule has 2 aromatic rings. The van der Waals surface area contributed by atoms with E-state index in [0.717, 1.165) is 54.5 Å². The van der Waals surface area contributed by atoms with Crippen molar-refractivity contribution in [2.24, 2.45) is 17.8 Å². The number of hydrogen-bond acceptors (Lipinski definition) is 4. The molecule has 0 spiro atoms. The second-order valence-electron chi connectivity index (χ2n) is 8.91. The van der Waals surface area contributed by atoms with E-state index in [2.05, 4.69) is 26.3 Å². The second kappa shape index (κ2) is 8.35. The number of carbonyl (C=O) groups excluding carboxylic acids is 1. The lowest BCUT2D eigenvalue weighted by Gasteiger charge is -2.32. The van der Waals surface area contributed by atoms with E-state index in [-0.39, 0.29) is 5.91 Å². The van der Waals surface area contributed by atoms with Gasteiger partial charge in [0.25, 0.3) is 0 Å². The summed E-state index contributed by atoms with van der Waals surface area (Å²) in [6.45, 7) is 2.08. The number of hydrogen-bond donors (Lipinski definition) is 1. The van der Waals surface area contributed by atoms with E-state index in [1.165, 1.54) is 37.7 Å². The lowest BCUT2D eigenvalue weighted by molar-refractivity contribution is -0.115. The summed E-state index contributed by atoms with van der Waals surface area (Å²) < 4.78 is 0. The van der Waals surface area contributed by atoms with Crippen LogP contribution in [0.25, 0.3) is 0 Å². The molecular weight excluding hydrogens is 419 g/mol. The molecule has 1 aromatic heterocycles. The molecule has 2 aliphatic heterocycles. The van der Waals surface area contributed by atoms with Crippen molar-refractivity contribution in [1.82, 2.24) is 9.97 Å². The molecule has 158 valence electrons. The van der Waals surface area contributed by atoms with Crippen molar-refractivity contribution in [1.29, 1.82) is 0 Å². The van der Waals surface area contributed by atoms with Gasteiger partial charge in [-0.3, -0.25) is 4.79 Å². The molecule has 2 fully saturated rings. The minimum absolute atomic E-state index is 0.0403. The zero-order chi connectivity index (χ0) is 20.7. The lowest BCUT2D eigenvalue weighted by Crippen LogP contribution is -2.35. The highest BCUT2D eigenvalue weighted by Crippen LogP contribution is 2.50. The highest BCUT2D eigenvalue weighted by molar-refractivity contribution is 6.34. The van der Waals surface area contributed by atoms with Gasteiger partial charge in [0.05, 0.1) is 34.5 Å². The molecule has 3 heterocycles. The molecule has 1 aliphatic carbocycles. The minimum Gasteiger partial charge on any atom is -0.341 e. The third kappa shape index (κ3) is 4.28. The third-order valence-corrected chi connectivity index (χ3v) is 7.39. The number of carbonyl (C=O) groups is 1. The minimum atomic E-state index is 0.0403. The first-order valence-electron chi connectivity index (χ1n) is 10.9. The topological polar surface area (TPSA) is 58.1 Å². The van der Waals surface area contributed by atoms with Gasteiger partial charge in [0.15, 0.2) is 0 Å². The van der Waals surface area contributed by atoms with E-state index >= 15 is 0 Å². The second-order valence-corrected chi connectivity index (χ2v) is 9.76. The Labute approximate surface area is 187 Å². The van der Waals surface area contributed by atoms with E-state index in [1.54, 1.807) is 12.4 Å². The SMILES string of the molecule is O=C1Cc2cc(CCC[C@@H]3C[C@@H]3C3CCN(c4ncc(Cl)cn4)CC3)cc(Cl)c2N1. The van der Waals surface area contributed by atoms with Crippen LogP contribution in [0.3, 0.4) is 0 Å². The quantitative estimate of drug-likeness (QED) is 0.668. The summed E-state index contributed by atoms with van der Waals surface area (Å²) in [6.07, 6.45) is 11.2. The van der Waals surface area contributed by atoms with Gasteiger partial charge in [-0.05, 0) is 73.5 Å². The summed E-state index contributed by atoms with van der Waals surface area (Å²) in [4.78, 5) is 22.6. The number of nitrogens with zero attached hydrogens (tertiary/aromatic N) is 3. The lowest BCUT2D eigenvalue weighted by atomic mass is 9.90. The Kier molecular flexibility index (Phi) is 5.59. The Morgan fingerprint density at radius 2 is 1.90 bits per heavy atom. The normalized spacial score (nSPS) is 23.4. The summed E-state index contributed by atoms with van der Waals surface area (Å²) in [5.41, 5.74) is 3.11. The molecule has 5 nitrogen and oxygen atoms in total. The van der Waals surface area contributed by atoms with Crippen LogP contribution in [0.2, 0.25) is 10.0 Å². The molecule has 1 N–H and O–H groups in total. The molecule has 1 aromatic carbocycles. The third-order valence-electron chi connectivity index (χ3n) is 6.90. The smallest absolute Gasteiger partial charge is 0.228 e. The van der Waals surface area contributed by atoms with E-state index < -0.39 is 0 Å². The van der Waals surface area contributed by atoms with Gasteiger partial charge in [0.2, 0.25) is 11.9 Å². The number of piperidine rings is 1. The molecule has 0 radical (unpaired) electrons. The zero-order valence-electron chi connectivity index (χ0n) is 16.9. The van der Waals surface area contributed by atoms with Gasteiger partial charge in [-0.2, -0.15) is 0 Å². The van der Waals surface area contributed by atoms with Gasteiger partial charge in [-0.25, -0.2) is 9.97 Å². The molecular formula is C23H26Cl2N4O. The number of rotatable bonds is 6. The average molecular weight is 445 g/mol. The van der Waals surface area contributed by atoms with E-state index in [0.29, 0.717) is 16.5 Å². The molecule has 30 heavy (non-hydrogen) atoms. The number of halogens is 2. The number of nitrogens with one attached hydrogen (secondary N) is 1. The largest absolute Gasteiger partial charge is 0.341 e. The molecule has 0 bridgehead atoms. The fourth-order valence-corrected chi connectivity index (χ4v) is 5.66. The maximum Gasteiger partial charge on any atom is 0.228 e. The van der Waals surface area contributed by atoms with Crippen molar-refractivity contribution in [2.45, 2.75) is 44.9 Å². The van der Waals surface area contributed by atoms with Gasteiger partial charge >= 0.3 is 0 Å². The van der Waals surface area contributed by atoms with E-state index in [9.17, 15) is 4.79 Å². The van der Waals surface area contributed by atoms with Crippen molar-refractivity contribution >= 4 is 40.7 Å². The number of fused-ring (bicyclic) bond motifs is 1. The Hall–Kier alpha value is -1.85. The van der Waals surface area contributed by atoms with Gasteiger partial charge < -0.3 is 10.2 Å². The number of aromatic nitrogens is 2. The summed E-state index contributed by atoms with van der Waals surface area (Å²) in [6, 6.07) is 4.17. The van der Waals surface area contributed by atoms with Crippen LogP contribution < -0.4 is 10.2 Å². The molecule has 3 aliphatic rings. The molecule has 1 amide bonds. The first-order valence-corrected chi connectivity index (χ1v) is 11.7. The summed E-state index contributed by atoms with van der Waals surface area (Å²) in [5, 5.41) is 4.11. The maximum absolute atomic E-state index is 11.6. The van der Waals surface area contributed by atoms with Crippen LogP contribution in [0, 0.1) is 17.8 Å². The molecule has 1 saturated carbocycles. The van der Waals surface area contributed by atoms with Crippen molar-refractivity contribution in [3.8, 4) is 0 Å². The standard InChI is InChI=1S/C23H26Cl2N4O/c24-18-12-26-23(27-13-18)29-6-4-15(5-7-29)19-10-16(19)3-1-2-14-8-17-11-21(30)28-22(17)20(25)9-14/h8-9,12-13,15-16,19H,1-7,10-11H2,(H,28,30)/t16-,19-/m1/s1. The van der Waals surface area contributed by atoms with Crippen LogP contribution in [-0.2, 0) is 17.6 Å². The van der Waals surface area contributed by atoms with Crippen LogP contribution in [0.1, 0.15) is 43.2 Å². The number of amides is 1. The Bertz CT molecular complexity index is 941. The fraction of sp³-hybridized carbons (Fsp3) is 0.522. The monoisotopic (exact) mass is 444 g/mol. The first kappa shape index (κ1) is 20.1. The fourth-order valence-electron chi connectivity index (χ4n) is 5.25. The predicted octanol–water partition coefficient (Wildman–Crippen LogP) is 5.15.